The second-order valence-corrected chi connectivity index (χ2v) is 6.42. The zero-order valence-corrected chi connectivity index (χ0v) is 13.0. The Bertz CT molecular complexity index is 755. The molecule has 1 aromatic heterocycles. The maximum absolute atomic E-state index is 12.3. The van der Waals surface area contributed by atoms with Crippen molar-refractivity contribution in [3.8, 4) is 0 Å². The molecule has 0 atom stereocenters. The van der Waals surface area contributed by atoms with Crippen LogP contribution in [0.15, 0.2) is 33.5 Å². The Morgan fingerprint density at radius 2 is 1.91 bits per heavy atom. The summed E-state index contributed by atoms with van der Waals surface area (Å²) in [6.45, 7) is 4.16. The fourth-order valence-corrected chi connectivity index (χ4v) is 3.07. The van der Waals surface area contributed by atoms with Crippen LogP contribution in [0.4, 0.5) is 0 Å². The van der Waals surface area contributed by atoms with E-state index < -0.39 is 5.63 Å². The lowest BCUT2D eigenvalue weighted by atomic mass is 9.87. The van der Waals surface area contributed by atoms with E-state index >= 15 is 0 Å². The Hall–Kier alpha value is -2.10. The average Bonchev–Trinajstić information content (AvgIpc) is 2.50. The van der Waals surface area contributed by atoms with Crippen LogP contribution in [0, 0.1) is 12.8 Å². The lowest BCUT2D eigenvalue weighted by Crippen LogP contribution is -2.37. The molecule has 0 aliphatic heterocycles. The summed E-state index contributed by atoms with van der Waals surface area (Å²) in [6.07, 6.45) is 4.24. The van der Waals surface area contributed by atoms with E-state index in [-0.39, 0.29) is 17.7 Å². The Balaban J connectivity index is 1.82. The van der Waals surface area contributed by atoms with Gasteiger partial charge in [0.15, 0.2) is 5.76 Å². The standard InChI is InChI=1S/C18H21NO3/c1-11-4-7-14(8-5-11)19-17(20)16-10-13-6-3-12(2)9-15(13)18(21)22-16/h3,6,9-11,14H,4-5,7-8H2,1-2H3,(H,19,20). The molecule has 0 saturated heterocycles. The topological polar surface area (TPSA) is 59.3 Å². The normalized spacial score (nSPS) is 21.7. The van der Waals surface area contributed by atoms with Crippen LogP contribution in [0.25, 0.3) is 10.8 Å². The van der Waals surface area contributed by atoms with Crippen molar-refractivity contribution in [2.24, 2.45) is 5.92 Å². The first kappa shape index (κ1) is 14.8. The molecule has 1 aliphatic carbocycles. The summed E-state index contributed by atoms with van der Waals surface area (Å²) in [4.78, 5) is 24.4. The van der Waals surface area contributed by atoms with E-state index in [0.717, 1.165) is 42.6 Å². The monoisotopic (exact) mass is 299 g/mol. The summed E-state index contributed by atoms with van der Waals surface area (Å²) in [5, 5.41) is 4.24. The van der Waals surface area contributed by atoms with E-state index in [9.17, 15) is 9.59 Å². The van der Waals surface area contributed by atoms with Crippen molar-refractivity contribution in [3.05, 3.63) is 46.0 Å². The van der Waals surface area contributed by atoms with Crippen LogP contribution in [-0.4, -0.2) is 11.9 Å². The second kappa shape index (κ2) is 5.95. The minimum atomic E-state index is -0.455. The summed E-state index contributed by atoms with van der Waals surface area (Å²) in [5.74, 6) is 0.536. The highest BCUT2D eigenvalue weighted by atomic mass is 16.4. The number of hydrogen-bond donors (Lipinski definition) is 1. The Morgan fingerprint density at radius 1 is 1.18 bits per heavy atom. The number of aryl methyl sites for hydroxylation is 1. The van der Waals surface area contributed by atoms with Gasteiger partial charge in [-0.25, -0.2) is 4.79 Å². The minimum absolute atomic E-state index is 0.0972. The number of nitrogens with one attached hydrogen (secondary N) is 1. The largest absolute Gasteiger partial charge is 0.417 e. The number of carbonyl (C=O) groups excluding carboxylic acids is 1. The predicted octanol–water partition coefficient (Wildman–Crippen LogP) is 3.41. The van der Waals surface area contributed by atoms with Gasteiger partial charge in [0.25, 0.3) is 5.91 Å². The van der Waals surface area contributed by atoms with Crippen LogP contribution in [0.3, 0.4) is 0 Å². The van der Waals surface area contributed by atoms with Crippen LogP contribution in [0.2, 0.25) is 0 Å². The van der Waals surface area contributed by atoms with Gasteiger partial charge in [0.05, 0.1) is 5.39 Å². The quantitative estimate of drug-likeness (QED) is 0.924. The Morgan fingerprint density at radius 3 is 2.64 bits per heavy atom. The number of carbonyl (C=O) groups is 1. The van der Waals surface area contributed by atoms with Crippen molar-refractivity contribution >= 4 is 16.7 Å². The van der Waals surface area contributed by atoms with Crippen molar-refractivity contribution in [2.45, 2.75) is 45.6 Å². The third-order valence-corrected chi connectivity index (χ3v) is 4.49. The Kier molecular flexibility index (Phi) is 4.01. The Labute approximate surface area is 129 Å². The van der Waals surface area contributed by atoms with E-state index in [2.05, 4.69) is 12.2 Å². The van der Waals surface area contributed by atoms with Gasteiger partial charge < -0.3 is 9.73 Å². The fraction of sp³-hybridized carbons (Fsp3) is 0.444. The third kappa shape index (κ3) is 3.06. The molecule has 4 nitrogen and oxygen atoms in total. The van der Waals surface area contributed by atoms with Gasteiger partial charge in [0.2, 0.25) is 0 Å². The zero-order chi connectivity index (χ0) is 15.7. The van der Waals surface area contributed by atoms with Crippen molar-refractivity contribution in [1.82, 2.24) is 5.32 Å². The molecule has 1 N–H and O–H groups in total. The van der Waals surface area contributed by atoms with Crippen molar-refractivity contribution in [1.29, 1.82) is 0 Å². The van der Waals surface area contributed by atoms with Crippen LogP contribution in [0.1, 0.15) is 48.7 Å². The lowest BCUT2D eigenvalue weighted by molar-refractivity contribution is 0.0891. The van der Waals surface area contributed by atoms with Crippen LogP contribution < -0.4 is 10.9 Å². The molecular weight excluding hydrogens is 278 g/mol. The van der Waals surface area contributed by atoms with Gasteiger partial charge in [-0.15, -0.1) is 0 Å². The second-order valence-electron chi connectivity index (χ2n) is 6.42. The van der Waals surface area contributed by atoms with Crippen molar-refractivity contribution in [2.75, 3.05) is 0 Å². The van der Waals surface area contributed by atoms with Gasteiger partial charge >= 0.3 is 5.63 Å². The summed E-state index contributed by atoms with van der Waals surface area (Å²) in [7, 11) is 0. The number of fused-ring (bicyclic) bond motifs is 1. The van der Waals surface area contributed by atoms with Gasteiger partial charge in [-0.1, -0.05) is 24.6 Å². The van der Waals surface area contributed by atoms with Crippen LogP contribution >= 0.6 is 0 Å². The van der Waals surface area contributed by atoms with E-state index in [4.69, 9.17) is 4.42 Å². The molecule has 1 amide bonds. The third-order valence-electron chi connectivity index (χ3n) is 4.49. The molecule has 1 heterocycles. The fourth-order valence-electron chi connectivity index (χ4n) is 3.07. The zero-order valence-electron chi connectivity index (χ0n) is 13.0. The molecule has 0 bridgehead atoms. The van der Waals surface area contributed by atoms with Gasteiger partial charge in [-0.05, 0) is 56.0 Å². The average molecular weight is 299 g/mol. The van der Waals surface area contributed by atoms with Gasteiger partial charge in [0.1, 0.15) is 0 Å². The maximum Gasteiger partial charge on any atom is 0.344 e. The van der Waals surface area contributed by atoms with Gasteiger partial charge in [-0.3, -0.25) is 4.79 Å². The summed E-state index contributed by atoms with van der Waals surface area (Å²) in [5.41, 5.74) is 0.539. The van der Waals surface area contributed by atoms with E-state index in [1.165, 1.54) is 0 Å². The van der Waals surface area contributed by atoms with Crippen LogP contribution in [-0.2, 0) is 0 Å². The highest BCUT2D eigenvalue weighted by Gasteiger charge is 2.21. The number of hydrogen-bond acceptors (Lipinski definition) is 3. The molecule has 0 radical (unpaired) electrons. The minimum Gasteiger partial charge on any atom is -0.417 e. The first-order valence-electron chi connectivity index (χ1n) is 7.88. The van der Waals surface area contributed by atoms with Gasteiger partial charge in [-0.2, -0.15) is 0 Å². The molecular formula is C18H21NO3. The van der Waals surface area contributed by atoms with E-state index in [1.54, 1.807) is 12.1 Å². The molecule has 0 spiro atoms. The molecule has 2 aromatic rings. The lowest BCUT2D eigenvalue weighted by Gasteiger charge is -2.26. The molecule has 116 valence electrons. The van der Waals surface area contributed by atoms with Crippen LogP contribution in [0.5, 0.6) is 0 Å². The summed E-state index contributed by atoms with van der Waals surface area (Å²) >= 11 is 0. The molecule has 1 fully saturated rings. The summed E-state index contributed by atoms with van der Waals surface area (Å²) < 4.78 is 5.20. The molecule has 1 saturated carbocycles. The SMILES string of the molecule is Cc1ccc2cc(C(=O)NC3CCC(C)CC3)oc(=O)c2c1. The first-order valence-corrected chi connectivity index (χ1v) is 7.88. The number of benzene rings is 1. The molecule has 22 heavy (non-hydrogen) atoms. The first-order chi connectivity index (χ1) is 10.5. The molecule has 4 heteroatoms. The number of rotatable bonds is 2. The highest BCUT2D eigenvalue weighted by Crippen LogP contribution is 2.23. The molecule has 0 unspecified atom stereocenters. The number of amides is 1. The van der Waals surface area contributed by atoms with Crippen molar-refractivity contribution in [3.63, 3.8) is 0 Å². The smallest absolute Gasteiger partial charge is 0.344 e. The molecule has 3 rings (SSSR count). The highest BCUT2D eigenvalue weighted by molar-refractivity contribution is 5.95. The van der Waals surface area contributed by atoms with E-state index in [0.29, 0.717) is 5.39 Å². The molecule has 1 aliphatic rings. The maximum atomic E-state index is 12.3. The van der Waals surface area contributed by atoms with E-state index in [1.807, 2.05) is 19.1 Å². The summed E-state index contributed by atoms with van der Waals surface area (Å²) in [6, 6.07) is 7.39. The van der Waals surface area contributed by atoms with Gasteiger partial charge in [0, 0.05) is 6.04 Å². The van der Waals surface area contributed by atoms with Crippen molar-refractivity contribution < 1.29 is 9.21 Å². The predicted molar refractivity (Wildman–Crippen MR) is 86.1 cm³/mol. The molecule has 1 aromatic carbocycles.